The molecule has 0 fully saturated rings. The Balaban J connectivity index is 1.96. The maximum Gasteiger partial charge on any atom is 0.175 e. The average Bonchev–Trinajstić information content (AvgIpc) is 3.67. The fourth-order valence-electron chi connectivity index (χ4n) is 6.13. The van der Waals surface area contributed by atoms with Crippen LogP contribution in [0.1, 0.15) is 83.1 Å². The van der Waals surface area contributed by atoms with E-state index in [0.717, 1.165) is 0 Å². The molecular weight excluding hydrogens is 600 g/mol. The molecule has 0 atom stereocenters. The van der Waals surface area contributed by atoms with Gasteiger partial charge in [-0.05, 0) is 27.5 Å². The van der Waals surface area contributed by atoms with Crippen molar-refractivity contribution in [1.82, 2.24) is 5.32 Å². The minimum absolute atomic E-state index is 0.0906. The lowest BCUT2D eigenvalue weighted by atomic mass is 9.82. The largest absolute Gasteiger partial charge is 0.323 e. The van der Waals surface area contributed by atoms with E-state index in [-0.39, 0.29) is 63.4 Å². The standard InChI is InChI=1S/C36H38N12/c1-33(2,3)21-17(13-37)25-41-26-19(15-39)23(35(7,8)9)31(45-26)48-32-24(36(10,11)12)20(16-40)28(46-32)42-27-18(14-38)22(34(4,5)6)30(44-27)47-29(21)43-25/h37H,1-12H3,(H,41,42,43,44,45,46,47,48). The second kappa shape index (κ2) is 11.0. The van der Waals surface area contributed by atoms with Gasteiger partial charge in [0.1, 0.15) is 34.9 Å². The van der Waals surface area contributed by atoms with Crippen molar-refractivity contribution in [3.8, 4) is 18.2 Å². The molecule has 8 bridgehead atoms. The molecule has 0 aromatic rings. The Bertz CT molecular complexity index is 2120. The molecule has 12 nitrogen and oxygen atoms in total. The van der Waals surface area contributed by atoms with Crippen molar-refractivity contribution in [3.63, 3.8) is 0 Å². The predicted octanol–water partition coefficient (Wildman–Crippen LogP) is 6.46. The van der Waals surface area contributed by atoms with Crippen LogP contribution in [0.4, 0.5) is 0 Å². The summed E-state index contributed by atoms with van der Waals surface area (Å²) in [5, 5.41) is 42.9. The maximum atomic E-state index is 10.5. The van der Waals surface area contributed by atoms with Gasteiger partial charge in [0.25, 0.3) is 0 Å². The summed E-state index contributed by atoms with van der Waals surface area (Å²) in [4.78, 5) is 33.8. The first-order chi connectivity index (χ1) is 22.1. The summed E-state index contributed by atoms with van der Waals surface area (Å²) in [6.45, 7) is 23.5. The highest BCUT2D eigenvalue weighted by molar-refractivity contribution is 6.34. The fourth-order valence-corrected chi connectivity index (χ4v) is 6.13. The maximum absolute atomic E-state index is 10.5. The molecule has 2 N–H and O–H groups in total. The fraction of sp³-hybridized carbons (Fsp3) is 0.444. The Kier molecular flexibility index (Phi) is 7.71. The van der Waals surface area contributed by atoms with E-state index in [9.17, 15) is 15.8 Å². The Morgan fingerprint density at radius 2 is 0.812 bits per heavy atom. The van der Waals surface area contributed by atoms with E-state index in [1.807, 2.05) is 83.1 Å². The second-order valence-corrected chi connectivity index (χ2v) is 16.0. The molecule has 0 aliphatic carbocycles. The van der Waals surface area contributed by atoms with Crippen LogP contribution in [0.25, 0.3) is 0 Å². The third kappa shape index (κ3) is 5.53. The number of rotatable bonds is 0. The van der Waals surface area contributed by atoms with Gasteiger partial charge in [0.2, 0.25) is 0 Å². The van der Waals surface area contributed by atoms with Crippen LogP contribution in [0.15, 0.2) is 85.4 Å². The minimum Gasteiger partial charge on any atom is -0.323 e. The zero-order chi connectivity index (χ0) is 35.7. The zero-order valence-electron chi connectivity index (χ0n) is 29.5. The summed E-state index contributed by atoms with van der Waals surface area (Å²) in [5.41, 5.74) is 1.05. The van der Waals surface area contributed by atoms with Gasteiger partial charge in [-0.15, -0.1) is 0 Å². The molecule has 12 heteroatoms. The van der Waals surface area contributed by atoms with Crippen molar-refractivity contribution in [2.45, 2.75) is 83.1 Å². The molecule has 5 heterocycles. The molecule has 0 saturated carbocycles. The molecular formula is C36H38N12. The molecule has 0 saturated heterocycles. The van der Waals surface area contributed by atoms with Crippen LogP contribution in [0.2, 0.25) is 0 Å². The first-order valence-corrected chi connectivity index (χ1v) is 15.6. The monoisotopic (exact) mass is 638 g/mol. The molecule has 0 aromatic heterocycles. The molecule has 5 aliphatic heterocycles. The molecule has 0 spiro atoms. The quantitative estimate of drug-likeness (QED) is 0.287. The van der Waals surface area contributed by atoms with Crippen LogP contribution < -0.4 is 5.32 Å². The van der Waals surface area contributed by atoms with Crippen molar-refractivity contribution in [2.75, 3.05) is 0 Å². The first kappa shape index (κ1) is 33.7. The van der Waals surface area contributed by atoms with Crippen molar-refractivity contribution in [3.05, 3.63) is 50.4 Å². The van der Waals surface area contributed by atoms with Gasteiger partial charge in [-0.1, -0.05) is 83.1 Å². The molecule has 5 rings (SSSR count). The van der Waals surface area contributed by atoms with E-state index in [4.69, 9.17) is 40.4 Å². The molecule has 0 radical (unpaired) electrons. The number of nitriles is 3. The highest BCUT2D eigenvalue weighted by atomic mass is 15.2. The molecule has 5 aliphatic rings. The van der Waals surface area contributed by atoms with Crippen molar-refractivity contribution >= 4 is 46.7 Å². The summed E-state index contributed by atoms with van der Waals surface area (Å²) in [6.07, 6.45) is 0. The lowest BCUT2D eigenvalue weighted by molar-refractivity contribution is 0.510. The lowest BCUT2D eigenvalue weighted by Crippen LogP contribution is -2.31. The number of nitrogens with zero attached hydrogens (tertiary/aromatic N) is 10. The van der Waals surface area contributed by atoms with Gasteiger partial charge in [-0.3, -0.25) is 5.41 Å². The van der Waals surface area contributed by atoms with Crippen LogP contribution in [-0.4, -0.2) is 46.7 Å². The van der Waals surface area contributed by atoms with Gasteiger partial charge in [0, 0.05) is 22.3 Å². The first-order valence-electron chi connectivity index (χ1n) is 15.6. The van der Waals surface area contributed by atoms with E-state index in [0.29, 0.717) is 27.9 Å². The summed E-state index contributed by atoms with van der Waals surface area (Å²) in [7, 11) is 0. The Labute approximate surface area is 281 Å². The highest BCUT2D eigenvalue weighted by Gasteiger charge is 2.41. The van der Waals surface area contributed by atoms with Crippen LogP contribution in [0.5, 0.6) is 0 Å². The number of aliphatic imine (C=N–C) groups is 7. The normalized spacial score (nSPS) is 19.9. The molecule has 242 valence electrons. The van der Waals surface area contributed by atoms with E-state index in [2.05, 4.69) is 29.4 Å². The smallest absolute Gasteiger partial charge is 0.175 e. The number of fused-ring (bicyclic) bond motifs is 4. The predicted molar refractivity (Wildman–Crippen MR) is 189 cm³/mol. The van der Waals surface area contributed by atoms with Gasteiger partial charge in [0.05, 0.1) is 5.57 Å². The number of amidine groups is 7. The zero-order valence-corrected chi connectivity index (χ0v) is 29.5. The third-order valence-corrected chi connectivity index (χ3v) is 8.01. The summed E-state index contributed by atoms with van der Waals surface area (Å²) in [6, 6.07) is 6.88. The average molecular weight is 639 g/mol. The number of nitrogens with one attached hydrogen (secondary N) is 2. The molecule has 0 aromatic carbocycles. The van der Waals surface area contributed by atoms with Crippen molar-refractivity contribution in [1.29, 1.82) is 21.2 Å². The van der Waals surface area contributed by atoms with Crippen molar-refractivity contribution in [2.24, 2.45) is 56.6 Å². The van der Waals surface area contributed by atoms with E-state index in [1.54, 1.807) is 0 Å². The molecule has 0 unspecified atom stereocenters. The second-order valence-electron chi connectivity index (χ2n) is 16.0. The number of hydrogen-bond acceptors (Lipinski definition) is 12. The minimum atomic E-state index is -0.589. The number of hydrogen-bond donors (Lipinski definition) is 2. The van der Waals surface area contributed by atoms with Gasteiger partial charge >= 0.3 is 0 Å². The Hall–Kier alpha value is -5.63. The van der Waals surface area contributed by atoms with E-state index in [1.165, 1.54) is 0 Å². The van der Waals surface area contributed by atoms with Crippen LogP contribution >= 0.6 is 0 Å². The van der Waals surface area contributed by atoms with Gasteiger partial charge in [-0.25, -0.2) is 34.9 Å². The summed E-state index contributed by atoms with van der Waals surface area (Å²) >= 11 is 0. The Morgan fingerprint density at radius 3 is 1.23 bits per heavy atom. The Morgan fingerprint density at radius 1 is 0.458 bits per heavy atom. The van der Waals surface area contributed by atoms with Gasteiger partial charge in [-0.2, -0.15) is 15.8 Å². The van der Waals surface area contributed by atoms with E-state index >= 15 is 0 Å². The summed E-state index contributed by atoms with van der Waals surface area (Å²) in [5.74, 6) is 4.11. The topological polar surface area (TPSA) is 194 Å². The molecule has 0 amide bonds. The van der Waals surface area contributed by atoms with Crippen LogP contribution in [0, 0.1) is 61.1 Å². The summed E-state index contributed by atoms with van der Waals surface area (Å²) < 4.78 is 0. The van der Waals surface area contributed by atoms with E-state index < -0.39 is 21.7 Å². The lowest BCUT2D eigenvalue weighted by Gasteiger charge is -2.23. The third-order valence-electron chi connectivity index (χ3n) is 8.01. The van der Waals surface area contributed by atoms with Crippen molar-refractivity contribution < 1.29 is 0 Å². The van der Waals surface area contributed by atoms with Gasteiger partial charge in [0.15, 0.2) is 46.7 Å². The van der Waals surface area contributed by atoms with Crippen LogP contribution in [-0.2, 0) is 0 Å². The highest BCUT2D eigenvalue weighted by Crippen LogP contribution is 2.42. The van der Waals surface area contributed by atoms with Crippen LogP contribution in [0.3, 0.4) is 0 Å². The SMILES string of the molecule is CC(C)(C)C1=C2N=C(N=C3N=C(N=C4N=C(NC5=NC(=N2)C(C(C)(C)C)=C5C#N)C(C#N)=C4C(C)(C)C)C(C(C)(C)C)=C3C#N)C1=C=N. The molecule has 48 heavy (non-hydrogen) atoms. The van der Waals surface area contributed by atoms with Gasteiger partial charge < -0.3 is 5.32 Å².